The van der Waals surface area contributed by atoms with Gasteiger partial charge in [0.15, 0.2) is 5.13 Å². The van der Waals surface area contributed by atoms with Gasteiger partial charge in [0.2, 0.25) is 5.91 Å². The molecule has 0 bridgehead atoms. The van der Waals surface area contributed by atoms with Gasteiger partial charge in [-0.2, -0.15) is 5.26 Å². The van der Waals surface area contributed by atoms with E-state index in [1.807, 2.05) is 24.4 Å². The molecule has 0 aliphatic heterocycles. The second-order valence-electron chi connectivity index (χ2n) is 3.61. The summed E-state index contributed by atoms with van der Waals surface area (Å²) in [4.78, 5) is 19.7. The number of carbonyl (C=O) groups excluding carboxylic acids is 1. The highest BCUT2D eigenvalue weighted by molar-refractivity contribution is 7.14. The molecular weight excluding hydrogens is 248 g/mol. The zero-order chi connectivity index (χ0) is 13.0. The van der Waals surface area contributed by atoms with Gasteiger partial charge in [-0.15, -0.1) is 11.3 Å². The van der Waals surface area contributed by atoms with Crippen molar-refractivity contribution < 1.29 is 4.79 Å². The number of nitrogens with zero attached hydrogens (tertiary/aromatic N) is 3. The fraction of sp³-hybridized carbons (Fsp3) is 0.167. The summed E-state index contributed by atoms with van der Waals surface area (Å²) < 4.78 is 0. The molecule has 2 heterocycles. The average molecular weight is 258 g/mol. The number of anilines is 1. The molecule has 0 saturated heterocycles. The minimum absolute atomic E-state index is 0.166. The summed E-state index contributed by atoms with van der Waals surface area (Å²) in [6, 6.07) is 5.62. The minimum atomic E-state index is -0.347. The molecule has 2 rings (SSSR count). The largest absolute Gasteiger partial charge is 0.301 e. The molecule has 0 unspecified atom stereocenters. The molecule has 0 radical (unpaired) electrons. The Balaban J connectivity index is 2.13. The summed E-state index contributed by atoms with van der Waals surface area (Å²) in [6.45, 7) is 1.92. The molecule has 0 atom stereocenters. The smallest absolute Gasteiger partial charge is 0.240 e. The van der Waals surface area contributed by atoms with Crippen LogP contribution in [0.25, 0.3) is 11.3 Å². The first-order chi connectivity index (χ1) is 8.69. The SMILES string of the molecule is Cc1ccc(-c2csc(NC(=O)CC#N)n2)cn1. The Morgan fingerprint density at radius 3 is 3.06 bits per heavy atom. The lowest BCUT2D eigenvalue weighted by molar-refractivity contribution is -0.115. The van der Waals surface area contributed by atoms with E-state index in [1.54, 1.807) is 12.3 Å². The Hall–Kier alpha value is -2.26. The van der Waals surface area contributed by atoms with Gasteiger partial charge in [-0.3, -0.25) is 9.78 Å². The van der Waals surface area contributed by atoms with Crippen LogP contribution in [0.4, 0.5) is 5.13 Å². The molecule has 0 aliphatic carbocycles. The van der Waals surface area contributed by atoms with Crippen LogP contribution in [0, 0.1) is 18.3 Å². The Kier molecular flexibility index (Phi) is 3.65. The zero-order valence-corrected chi connectivity index (χ0v) is 10.5. The van der Waals surface area contributed by atoms with E-state index >= 15 is 0 Å². The molecule has 1 N–H and O–H groups in total. The van der Waals surface area contributed by atoms with E-state index < -0.39 is 0 Å². The third kappa shape index (κ3) is 2.90. The molecule has 2 aromatic rings. The van der Waals surface area contributed by atoms with Gasteiger partial charge in [-0.1, -0.05) is 0 Å². The highest BCUT2D eigenvalue weighted by Crippen LogP contribution is 2.24. The predicted octanol–water partition coefficient (Wildman–Crippen LogP) is 2.37. The Labute approximate surface area is 108 Å². The average Bonchev–Trinajstić information content (AvgIpc) is 2.78. The maximum absolute atomic E-state index is 11.2. The summed E-state index contributed by atoms with van der Waals surface area (Å²) in [5, 5.41) is 13.3. The highest BCUT2D eigenvalue weighted by Gasteiger charge is 2.07. The van der Waals surface area contributed by atoms with Crippen molar-refractivity contribution in [3.8, 4) is 17.3 Å². The number of carbonyl (C=O) groups is 1. The monoisotopic (exact) mass is 258 g/mol. The zero-order valence-electron chi connectivity index (χ0n) is 9.67. The third-order valence-electron chi connectivity index (χ3n) is 2.20. The van der Waals surface area contributed by atoms with Crippen molar-refractivity contribution in [1.29, 1.82) is 5.26 Å². The van der Waals surface area contributed by atoms with Crippen molar-refractivity contribution in [3.63, 3.8) is 0 Å². The molecule has 1 amide bonds. The summed E-state index contributed by atoms with van der Waals surface area (Å²) in [6.07, 6.45) is 1.58. The van der Waals surface area contributed by atoms with E-state index in [2.05, 4.69) is 15.3 Å². The van der Waals surface area contributed by atoms with E-state index in [0.717, 1.165) is 17.0 Å². The molecular formula is C12H10N4OS. The van der Waals surface area contributed by atoms with Gasteiger partial charge < -0.3 is 5.32 Å². The maximum Gasteiger partial charge on any atom is 0.240 e. The van der Waals surface area contributed by atoms with E-state index in [4.69, 9.17) is 5.26 Å². The first-order valence-corrected chi connectivity index (χ1v) is 6.12. The van der Waals surface area contributed by atoms with Crippen molar-refractivity contribution in [2.45, 2.75) is 13.3 Å². The summed E-state index contributed by atoms with van der Waals surface area (Å²) in [7, 11) is 0. The van der Waals surface area contributed by atoms with Gasteiger partial charge in [0.05, 0.1) is 11.8 Å². The van der Waals surface area contributed by atoms with Crippen molar-refractivity contribution in [3.05, 3.63) is 29.4 Å². The number of rotatable bonds is 3. The number of amides is 1. The highest BCUT2D eigenvalue weighted by atomic mass is 32.1. The van der Waals surface area contributed by atoms with Gasteiger partial charge in [0.1, 0.15) is 6.42 Å². The number of aromatic nitrogens is 2. The molecule has 0 fully saturated rings. The Morgan fingerprint density at radius 1 is 1.56 bits per heavy atom. The fourth-order valence-corrected chi connectivity index (χ4v) is 2.05. The quantitative estimate of drug-likeness (QED) is 0.916. The van der Waals surface area contributed by atoms with Crippen LogP contribution in [-0.2, 0) is 4.79 Å². The van der Waals surface area contributed by atoms with Gasteiger partial charge in [-0.05, 0) is 19.1 Å². The lowest BCUT2D eigenvalue weighted by Crippen LogP contribution is -2.09. The molecule has 6 heteroatoms. The van der Waals surface area contributed by atoms with Crippen molar-refractivity contribution >= 4 is 22.4 Å². The number of aryl methyl sites for hydroxylation is 1. The summed E-state index contributed by atoms with van der Waals surface area (Å²) in [5.74, 6) is -0.347. The standard InChI is InChI=1S/C12H10N4OS/c1-8-2-3-9(6-14-8)10-7-18-12(15-10)16-11(17)4-5-13/h2-3,6-7H,4H2,1H3,(H,15,16,17). The second kappa shape index (κ2) is 5.38. The van der Waals surface area contributed by atoms with Crippen LogP contribution >= 0.6 is 11.3 Å². The lowest BCUT2D eigenvalue weighted by Gasteiger charge is -1.97. The molecule has 90 valence electrons. The normalized spacial score (nSPS) is 9.78. The molecule has 2 aromatic heterocycles. The van der Waals surface area contributed by atoms with Gasteiger partial charge >= 0.3 is 0 Å². The summed E-state index contributed by atoms with van der Waals surface area (Å²) in [5.41, 5.74) is 2.61. The van der Waals surface area contributed by atoms with E-state index in [-0.39, 0.29) is 12.3 Å². The third-order valence-corrected chi connectivity index (χ3v) is 2.96. The van der Waals surface area contributed by atoms with E-state index in [0.29, 0.717) is 5.13 Å². The molecule has 0 aromatic carbocycles. The van der Waals surface area contributed by atoms with Crippen molar-refractivity contribution in [2.75, 3.05) is 5.32 Å². The van der Waals surface area contributed by atoms with Gasteiger partial charge in [0, 0.05) is 22.8 Å². The first-order valence-electron chi connectivity index (χ1n) is 5.24. The molecule has 0 aliphatic rings. The number of thiazole rings is 1. The fourth-order valence-electron chi connectivity index (χ4n) is 1.32. The molecule has 0 saturated carbocycles. The summed E-state index contributed by atoms with van der Waals surface area (Å²) >= 11 is 1.32. The minimum Gasteiger partial charge on any atom is -0.301 e. The lowest BCUT2D eigenvalue weighted by atomic mass is 10.2. The Bertz CT molecular complexity index is 597. The van der Waals surface area contributed by atoms with Crippen LogP contribution in [-0.4, -0.2) is 15.9 Å². The van der Waals surface area contributed by atoms with Crippen LogP contribution < -0.4 is 5.32 Å². The van der Waals surface area contributed by atoms with Crippen LogP contribution in [0.15, 0.2) is 23.7 Å². The molecule has 0 spiro atoms. The van der Waals surface area contributed by atoms with Crippen molar-refractivity contribution in [2.24, 2.45) is 0 Å². The van der Waals surface area contributed by atoms with Gasteiger partial charge in [-0.25, -0.2) is 4.98 Å². The number of pyridine rings is 1. The first kappa shape index (κ1) is 12.2. The number of hydrogen-bond acceptors (Lipinski definition) is 5. The molecule has 18 heavy (non-hydrogen) atoms. The second-order valence-corrected chi connectivity index (χ2v) is 4.47. The van der Waals surface area contributed by atoms with Crippen LogP contribution in [0.1, 0.15) is 12.1 Å². The van der Waals surface area contributed by atoms with Crippen molar-refractivity contribution in [1.82, 2.24) is 9.97 Å². The Morgan fingerprint density at radius 2 is 2.39 bits per heavy atom. The van der Waals surface area contributed by atoms with Crippen LogP contribution in [0.2, 0.25) is 0 Å². The van der Waals surface area contributed by atoms with Crippen LogP contribution in [0.3, 0.4) is 0 Å². The van der Waals surface area contributed by atoms with E-state index in [1.165, 1.54) is 11.3 Å². The van der Waals surface area contributed by atoms with Gasteiger partial charge in [0.25, 0.3) is 0 Å². The number of nitrogens with one attached hydrogen (secondary N) is 1. The predicted molar refractivity (Wildman–Crippen MR) is 68.9 cm³/mol. The topological polar surface area (TPSA) is 78.7 Å². The number of nitriles is 1. The number of hydrogen-bond donors (Lipinski definition) is 1. The molecule has 5 nitrogen and oxygen atoms in total. The van der Waals surface area contributed by atoms with Crippen LogP contribution in [0.5, 0.6) is 0 Å². The van der Waals surface area contributed by atoms with E-state index in [9.17, 15) is 4.79 Å². The maximum atomic E-state index is 11.2.